The number of para-hydroxylation sites is 3. The zero-order valence-corrected chi connectivity index (χ0v) is 17.8. The first kappa shape index (κ1) is 22.2. The maximum absolute atomic E-state index is 13.5. The molecule has 2 aromatic carbocycles. The minimum atomic E-state index is -4.70. The van der Waals surface area contributed by atoms with E-state index in [4.69, 9.17) is 9.47 Å². The van der Waals surface area contributed by atoms with Crippen LogP contribution in [0, 0.1) is 0 Å². The number of carbonyl (C=O) groups excluding carboxylic acids is 1. The van der Waals surface area contributed by atoms with Gasteiger partial charge in [0, 0.05) is 11.6 Å². The first-order chi connectivity index (χ1) is 15.8. The Morgan fingerprint density at radius 3 is 2.58 bits per heavy atom. The van der Waals surface area contributed by atoms with E-state index in [0.717, 1.165) is 10.1 Å². The third-order valence-corrected chi connectivity index (χ3v) is 5.00. The number of methoxy groups -OCH3 is 2. The lowest BCUT2D eigenvalue weighted by atomic mass is 10.2. The van der Waals surface area contributed by atoms with Crippen molar-refractivity contribution in [1.29, 1.82) is 0 Å². The first-order valence-electron chi connectivity index (χ1n) is 9.85. The Morgan fingerprint density at radius 1 is 1.06 bits per heavy atom. The van der Waals surface area contributed by atoms with E-state index < -0.39 is 24.5 Å². The van der Waals surface area contributed by atoms with Crippen LogP contribution < -0.4 is 14.8 Å². The molecule has 0 bridgehead atoms. The van der Waals surface area contributed by atoms with Crippen LogP contribution in [-0.2, 0) is 24.1 Å². The van der Waals surface area contributed by atoms with Gasteiger partial charge in [-0.05, 0) is 18.2 Å². The van der Waals surface area contributed by atoms with Gasteiger partial charge >= 0.3 is 6.18 Å². The third kappa shape index (κ3) is 4.47. The number of alkyl halides is 3. The van der Waals surface area contributed by atoms with Crippen LogP contribution in [0.25, 0.3) is 11.0 Å². The molecular formula is C22H20F3N5O3. The Bertz CT molecular complexity index is 1300. The minimum Gasteiger partial charge on any atom is -0.493 e. The fourth-order valence-electron chi connectivity index (χ4n) is 3.58. The van der Waals surface area contributed by atoms with Gasteiger partial charge in [-0.15, -0.1) is 0 Å². The number of anilines is 1. The molecule has 0 aliphatic carbocycles. The number of hydrogen-bond acceptors (Lipinski definition) is 5. The van der Waals surface area contributed by atoms with E-state index in [0.29, 0.717) is 17.3 Å². The van der Waals surface area contributed by atoms with E-state index in [-0.39, 0.29) is 17.6 Å². The number of hydrogen-bond donors (Lipinski definition) is 1. The molecule has 0 aliphatic heterocycles. The number of halogens is 3. The number of amides is 1. The molecule has 2 aromatic heterocycles. The van der Waals surface area contributed by atoms with Crippen molar-refractivity contribution in [2.24, 2.45) is 0 Å². The van der Waals surface area contributed by atoms with E-state index in [2.05, 4.69) is 15.4 Å². The van der Waals surface area contributed by atoms with Gasteiger partial charge in [-0.3, -0.25) is 4.79 Å². The number of nitrogens with one attached hydrogen (secondary N) is 1. The van der Waals surface area contributed by atoms with Crippen LogP contribution in [0.1, 0.15) is 11.4 Å². The van der Waals surface area contributed by atoms with Gasteiger partial charge < -0.3 is 19.4 Å². The van der Waals surface area contributed by atoms with E-state index in [1.165, 1.54) is 37.2 Å². The lowest BCUT2D eigenvalue weighted by molar-refractivity contribution is -0.147. The maximum atomic E-state index is 13.5. The van der Waals surface area contributed by atoms with Crippen molar-refractivity contribution in [2.75, 3.05) is 19.5 Å². The second-order valence-corrected chi connectivity index (χ2v) is 7.08. The van der Waals surface area contributed by atoms with Gasteiger partial charge in [0.05, 0.1) is 38.0 Å². The van der Waals surface area contributed by atoms with Gasteiger partial charge in [-0.1, -0.05) is 24.3 Å². The summed E-state index contributed by atoms with van der Waals surface area (Å²) in [6, 6.07) is 13.1. The number of benzene rings is 2. The summed E-state index contributed by atoms with van der Waals surface area (Å²) in [5.74, 6) is -0.397. The molecule has 0 unspecified atom stereocenters. The lowest BCUT2D eigenvalue weighted by Crippen LogP contribution is -2.24. The fraction of sp³-hybridized carbons (Fsp3) is 0.227. The fourth-order valence-corrected chi connectivity index (χ4v) is 3.58. The number of nitrogens with zero attached hydrogens (tertiary/aromatic N) is 4. The Kier molecular flexibility index (Phi) is 5.95. The molecule has 0 spiro atoms. The van der Waals surface area contributed by atoms with Crippen LogP contribution >= 0.6 is 0 Å². The van der Waals surface area contributed by atoms with Crippen LogP contribution in [0.15, 0.2) is 54.7 Å². The van der Waals surface area contributed by atoms with Gasteiger partial charge in [0.1, 0.15) is 12.4 Å². The Morgan fingerprint density at radius 2 is 1.85 bits per heavy atom. The molecule has 172 valence electrons. The van der Waals surface area contributed by atoms with Crippen molar-refractivity contribution in [1.82, 2.24) is 19.3 Å². The summed E-state index contributed by atoms with van der Waals surface area (Å²) in [5, 5.41) is 6.84. The molecule has 1 amide bonds. The molecule has 2 heterocycles. The summed E-state index contributed by atoms with van der Waals surface area (Å²) in [6.07, 6.45) is -3.22. The predicted octanol–water partition coefficient (Wildman–Crippen LogP) is 3.96. The molecule has 8 nitrogen and oxygen atoms in total. The van der Waals surface area contributed by atoms with Gasteiger partial charge in [0.15, 0.2) is 11.5 Å². The molecular weight excluding hydrogens is 439 g/mol. The van der Waals surface area contributed by atoms with Crippen LogP contribution in [0.2, 0.25) is 0 Å². The van der Waals surface area contributed by atoms with E-state index in [1.54, 1.807) is 30.3 Å². The molecule has 0 saturated heterocycles. The number of carbonyl (C=O) groups is 1. The summed E-state index contributed by atoms with van der Waals surface area (Å²) < 4.78 is 53.6. The zero-order valence-electron chi connectivity index (χ0n) is 17.8. The summed E-state index contributed by atoms with van der Waals surface area (Å²) in [7, 11) is 3.04. The topological polar surface area (TPSA) is 83.2 Å². The summed E-state index contributed by atoms with van der Waals surface area (Å²) in [4.78, 5) is 16.4. The Labute approximate surface area is 186 Å². The highest BCUT2D eigenvalue weighted by Crippen LogP contribution is 2.32. The Hall–Kier alpha value is -4.02. The van der Waals surface area contributed by atoms with Crippen molar-refractivity contribution in [3.63, 3.8) is 0 Å². The average molecular weight is 459 g/mol. The molecule has 4 rings (SSSR count). The standard InChI is InChI=1S/C22H20F3N5O3/c1-32-17-9-5-6-14(20(17)33-2)12-30-18(10-11-26-30)28-19(31)13-29-16-8-4-3-7-15(16)27-21(29)22(23,24)25/h3-11H,12-13H2,1-2H3,(H,28,31). The van der Waals surface area contributed by atoms with Gasteiger partial charge in [-0.25, -0.2) is 9.67 Å². The first-order valence-corrected chi connectivity index (χ1v) is 9.85. The Balaban J connectivity index is 1.57. The zero-order chi connectivity index (χ0) is 23.6. The molecule has 33 heavy (non-hydrogen) atoms. The predicted molar refractivity (Wildman–Crippen MR) is 114 cm³/mol. The SMILES string of the molecule is COc1cccc(Cn2nccc2NC(=O)Cn2c(C(F)(F)F)nc3ccccc32)c1OC. The lowest BCUT2D eigenvalue weighted by Gasteiger charge is -2.15. The van der Waals surface area contributed by atoms with Crippen molar-refractivity contribution in [3.8, 4) is 11.5 Å². The van der Waals surface area contributed by atoms with Crippen molar-refractivity contribution >= 4 is 22.8 Å². The summed E-state index contributed by atoms with van der Waals surface area (Å²) >= 11 is 0. The normalized spacial score (nSPS) is 11.5. The van der Waals surface area contributed by atoms with Gasteiger partial charge in [0.2, 0.25) is 11.7 Å². The molecule has 4 aromatic rings. The maximum Gasteiger partial charge on any atom is 0.449 e. The van der Waals surface area contributed by atoms with Crippen molar-refractivity contribution in [2.45, 2.75) is 19.3 Å². The van der Waals surface area contributed by atoms with Crippen molar-refractivity contribution in [3.05, 3.63) is 66.1 Å². The highest BCUT2D eigenvalue weighted by Gasteiger charge is 2.38. The van der Waals surface area contributed by atoms with Crippen molar-refractivity contribution < 1.29 is 27.4 Å². The molecule has 0 atom stereocenters. The second kappa shape index (κ2) is 8.85. The molecule has 0 saturated carbocycles. The van der Waals surface area contributed by atoms with Crippen LogP contribution in [0.5, 0.6) is 11.5 Å². The number of aromatic nitrogens is 4. The van der Waals surface area contributed by atoms with E-state index >= 15 is 0 Å². The van der Waals surface area contributed by atoms with E-state index in [9.17, 15) is 18.0 Å². The summed E-state index contributed by atoms with van der Waals surface area (Å²) in [5.41, 5.74) is 1.12. The van der Waals surface area contributed by atoms with E-state index in [1.807, 2.05) is 6.07 Å². The second-order valence-electron chi connectivity index (χ2n) is 7.08. The van der Waals surface area contributed by atoms with Crippen LogP contribution in [0.3, 0.4) is 0 Å². The quantitative estimate of drug-likeness (QED) is 0.453. The smallest absolute Gasteiger partial charge is 0.449 e. The third-order valence-electron chi connectivity index (χ3n) is 5.00. The van der Waals surface area contributed by atoms with Gasteiger partial charge in [0.25, 0.3) is 0 Å². The summed E-state index contributed by atoms with van der Waals surface area (Å²) in [6.45, 7) is -0.326. The average Bonchev–Trinajstić information content (AvgIpc) is 3.38. The number of imidazole rings is 1. The monoisotopic (exact) mass is 459 g/mol. The number of ether oxygens (including phenoxy) is 2. The minimum absolute atomic E-state index is 0.160. The molecule has 11 heteroatoms. The van der Waals surface area contributed by atoms with Crippen LogP contribution in [-0.4, -0.2) is 39.5 Å². The highest BCUT2D eigenvalue weighted by atomic mass is 19.4. The largest absolute Gasteiger partial charge is 0.493 e. The number of rotatable bonds is 7. The molecule has 0 aliphatic rings. The highest BCUT2D eigenvalue weighted by molar-refractivity contribution is 5.91. The molecule has 0 fully saturated rings. The van der Waals surface area contributed by atoms with Crippen LogP contribution in [0.4, 0.5) is 19.0 Å². The molecule has 0 radical (unpaired) electrons. The van der Waals surface area contributed by atoms with Gasteiger partial charge in [-0.2, -0.15) is 18.3 Å². The molecule has 1 N–H and O–H groups in total. The number of fused-ring (bicyclic) bond motifs is 1.